The van der Waals surface area contributed by atoms with Crippen LogP contribution < -0.4 is 15.0 Å². The number of para-hydroxylation sites is 1. The number of ether oxygens (including phenoxy) is 1. The second-order valence-electron chi connectivity index (χ2n) is 7.88. The second kappa shape index (κ2) is 9.88. The van der Waals surface area contributed by atoms with Crippen LogP contribution in [0.15, 0.2) is 101 Å². The molecule has 10 heteroatoms. The number of nitro groups is 1. The molecule has 1 aliphatic rings. The lowest BCUT2D eigenvalue weighted by atomic mass is 10.1. The van der Waals surface area contributed by atoms with E-state index in [4.69, 9.17) is 21.4 Å². The fourth-order valence-electron chi connectivity index (χ4n) is 3.68. The first-order valence-electron chi connectivity index (χ1n) is 11.0. The van der Waals surface area contributed by atoms with E-state index in [1.165, 1.54) is 23.1 Å². The van der Waals surface area contributed by atoms with E-state index in [2.05, 4.69) is 5.32 Å². The highest BCUT2D eigenvalue weighted by molar-refractivity contribution is 7.80. The zero-order valence-electron chi connectivity index (χ0n) is 19.0. The van der Waals surface area contributed by atoms with Crippen LogP contribution in [0, 0.1) is 10.1 Å². The molecule has 0 unspecified atom stereocenters. The Balaban J connectivity index is 1.39. The minimum absolute atomic E-state index is 0.0550. The van der Waals surface area contributed by atoms with E-state index in [0.717, 1.165) is 0 Å². The molecule has 2 heterocycles. The Hall–Kier alpha value is -5.09. The first kappa shape index (κ1) is 23.6. The molecular weight excluding hydrogens is 494 g/mol. The Morgan fingerprint density at radius 2 is 1.65 bits per heavy atom. The van der Waals surface area contributed by atoms with Crippen LogP contribution in [-0.4, -0.2) is 21.9 Å². The number of carbonyl (C=O) groups excluding carboxylic acids is 2. The number of carbonyl (C=O) groups is 2. The van der Waals surface area contributed by atoms with Gasteiger partial charge in [-0.2, -0.15) is 0 Å². The first-order chi connectivity index (χ1) is 17.9. The van der Waals surface area contributed by atoms with Gasteiger partial charge in [-0.15, -0.1) is 0 Å². The van der Waals surface area contributed by atoms with Crippen molar-refractivity contribution in [1.82, 2.24) is 5.32 Å². The Kier molecular flexibility index (Phi) is 6.31. The zero-order valence-corrected chi connectivity index (χ0v) is 19.8. The Morgan fingerprint density at radius 3 is 2.38 bits per heavy atom. The molecule has 0 radical (unpaired) electrons. The van der Waals surface area contributed by atoms with Gasteiger partial charge in [-0.05, 0) is 66.8 Å². The van der Waals surface area contributed by atoms with Crippen LogP contribution in [0.3, 0.4) is 0 Å². The molecule has 3 aromatic carbocycles. The predicted octanol–water partition coefficient (Wildman–Crippen LogP) is 5.48. The third kappa shape index (κ3) is 5.00. The lowest BCUT2D eigenvalue weighted by Crippen LogP contribution is -2.54. The van der Waals surface area contributed by atoms with Gasteiger partial charge in [0.1, 0.15) is 28.6 Å². The fraction of sp³-hybridized carbons (Fsp3) is 0. The summed E-state index contributed by atoms with van der Waals surface area (Å²) in [6.07, 6.45) is 1.31. The van der Waals surface area contributed by atoms with Gasteiger partial charge in [-0.1, -0.05) is 30.3 Å². The summed E-state index contributed by atoms with van der Waals surface area (Å²) in [4.78, 5) is 37.7. The Bertz CT molecular complexity index is 1560. The van der Waals surface area contributed by atoms with Crippen molar-refractivity contribution < 1.29 is 23.7 Å². The average molecular weight is 512 g/mol. The van der Waals surface area contributed by atoms with Gasteiger partial charge in [-0.25, -0.2) is 0 Å². The molecule has 2 amide bonds. The van der Waals surface area contributed by atoms with Crippen LogP contribution in [0.25, 0.3) is 17.4 Å². The smallest absolute Gasteiger partial charge is 0.270 e. The van der Waals surface area contributed by atoms with Crippen molar-refractivity contribution >= 4 is 46.6 Å². The zero-order chi connectivity index (χ0) is 25.9. The Labute approximate surface area is 215 Å². The lowest BCUT2D eigenvalue weighted by molar-refractivity contribution is -0.384. The summed E-state index contributed by atoms with van der Waals surface area (Å²) in [7, 11) is 0. The highest BCUT2D eigenvalue weighted by atomic mass is 32.1. The minimum atomic E-state index is -0.663. The van der Waals surface area contributed by atoms with Crippen LogP contribution in [-0.2, 0) is 9.59 Å². The summed E-state index contributed by atoms with van der Waals surface area (Å²) in [5.74, 6) is 0.511. The van der Waals surface area contributed by atoms with Crippen molar-refractivity contribution in [1.29, 1.82) is 0 Å². The molecule has 1 fully saturated rings. The summed E-state index contributed by atoms with van der Waals surface area (Å²) < 4.78 is 11.5. The highest BCUT2D eigenvalue weighted by Crippen LogP contribution is 2.29. The highest BCUT2D eigenvalue weighted by Gasteiger charge is 2.34. The van der Waals surface area contributed by atoms with Crippen molar-refractivity contribution in [2.24, 2.45) is 0 Å². The molecule has 5 rings (SSSR count). The van der Waals surface area contributed by atoms with Gasteiger partial charge >= 0.3 is 0 Å². The number of amides is 2. The molecule has 9 nitrogen and oxygen atoms in total. The number of hydrogen-bond donors (Lipinski definition) is 1. The standard InChI is InChI=1S/C27H17N3O6S/c31-25-23(16-22-13-14-24(36-22)17-5-4-6-19(15-17)30(33)34)26(32)29(27(37)28-25)18-9-11-21(12-10-18)35-20-7-2-1-3-8-20/h1-16H,(H,28,31,37). The van der Waals surface area contributed by atoms with Crippen LogP contribution in [0.1, 0.15) is 5.76 Å². The number of non-ortho nitro benzene ring substituents is 1. The lowest BCUT2D eigenvalue weighted by Gasteiger charge is -2.28. The summed E-state index contributed by atoms with van der Waals surface area (Å²) >= 11 is 5.26. The molecule has 182 valence electrons. The van der Waals surface area contributed by atoms with E-state index >= 15 is 0 Å². The number of thiocarbonyl (C=S) groups is 1. The van der Waals surface area contributed by atoms with Gasteiger partial charge in [0, 0.05) is 17.7 Å². The maximum atomic E-state index is 13.3. The maximum Gasteiger partial charge on any atom is 0.270 e. The van der Waals surface area contributed by atoms with Gasteiger partial charge in [0.2, 0.25) is 0 Å². The summed E-state index contributed by atoms with van der Waals surface area (Å²) in [6, 6.07) is 25.1. The molecule has 1 aliphatic heterocycles. The van der Waals surface area contributed by atoms with Crippen LogP contribution in [0.5, 0.6) is 11.5 Å². The van der Waals surface area contributed by atoms with Crippen molar-refractivity contribution in [2.45, 2.75) is 0 Å². The monoisotopic (exact) mass is 511 g/mol. The van der Waals surface area contributed by atoms with E-state index in [9.17, 15) is 19.7 Å². The third-order valence-electron chi connectivity index (χ3n) is 5.43. The number of nitrogens with one attached hydrogen (secondary N) is 1. The number of rotatable bonds is 6. The summed E-state index contributed by atoms with van der Waals surface area (Å²) in [5.41, 5.74) is 0.662. The fourth-order valence-corrected chi connectivity index (χ4v) is 3.96. The van der Waals surface area contributed by atoms with Crippen LogP contribution in [0.4, 0.5) is 11.4 Å². The van der Waals surface area contributed by atoms with Gasteiger partial charge in [0.15, 0.2) is 5.11 Å². The molecule has 37 heavy (non-hydrogen) atoms. The number of nitro benzene ring substituents is 1. The van der Waals surface area contributed by atoms with E-state index in [0.29, 0.717) is 28.5 Å². The van der Waals surface area contributed by atoms with Gasteiger partial charge in [-0.3, -0.25) is 29.9 Å². The number of nitrogens with zero attached hydrogens (tertiary/aromatic N) is 2. The molecule has 1 aromatic heterocycles. The number of benzene rings is 3. The normalized spacial score (nSPS) is 14.5. The van der Waals surface area contributed by atoms with Crippen molar-refractivity contribution in [3.8, 4) is 22.8 Å². The maximum absolute atomic E-state index is 13.3. The molecular formula is C27H17N3O6S. The largest absolute Gasteiger partial charge is 0.457 e. The summed E-state index contributed by atoms with van der Waals surface area (Å²) in [6.45, 7) is 0. The molecule has 1 N–H and O–H groups in total. The molecule has 0 bridgehead atoms. The van der Waals surface area contributed by atoms with Gasteiger partial charge in [0.05, 0.1) is 10.6 Å². The molecule has 1 saturated heterocycles. The topological polar surface area (TPSA) is 115 Å². The third-order valence-corrected chi connectivity index (χ3v) is 5.72. The van der Waals surface area contributed by atoms with Crippen molar-refractivity contribution in [2.75, 3.05) is 4.90 Å². The van der Waals surface area contributed by atoms with Gasteiger partial charge < -0.3 is 9.15 Å². The first-order valence-corrected chi connectivity index (χ1v) is 11.4. The molecule has 0 atom stereocenters. The van der Waals surface area contributed by atoms with E-state index in [1.807, 2.05) is 30.3 Å². The van der Waals surface area contributed by atoms with Crippen molar-refractivity contribution in [3.05, 3.63) is 112 Å². The summed E-state index contributed by atoms with van der Waals surface area (Å²) in [5, 5.41) is 13.5. The molecule has 4 aromatic rings. The second-order valence-corrected chi connectivity index (χ2v) is 8.26. The average Bonchev–Trinajstić information content (AvgIpc) is 3.37. The van der Waals surface area contributed by atoms with Crippen LogP contribution in [0.2, 0.25) is 0 Å². The van der Waals surface area contributed by atoms with Crippen LogP contribution >= 0.6 is 12.2 Å². The quantitative estimate of drug-likeness (QED) is 0.120. The molecule has 0 aliphatic carbocycles. The minimum Gasteiger partial charge on any atom is -0.457 e. The SMILES string of the molecule is O=C1NC(=S)N(c2ccc(Oc3ccccc3)cc2)C(=O)C1=Cc1ccc(-c2cccc([N+](=O)[O-])c2)o1. The number of furan rings is 1. The number of hydrogen-bond acceptors (Lipinski definition) is 7. The predicted molar refractivity (Wildman–Crippen MR) is 140 cm³/mol. The van der Waals surface area contributed by atoms with E-state index in [-0.39, 0.29) is 22.1 Å². The van der Waals surface area contributed by atoms with E-state index < -0.39 is 16.7 Å². The van der Waals surface area contributed by atoms with Crippen molar-refractivity contribution in [3.63, 3.8) is 0 Å². The van der Waals surface area contributed by atoms with Gasteiger partial charge in [0.25, 0.3) is 17.5 Å². The molecule has 0 spiro atoms. The van der Waals surface area contributed by atoms with E-state index in [1.54, 1.807) is 48.5 Å². The number of anilines is 1. The Morgan fingerprint density at radius 1 is 0.919 bits per heavy atom. The molecule has 0 saturated carbocycles.